The molecule has 0 fully saturated rings. The van der Waals surface area contributed by atoms with Crippen LogP contribution < -0.4 is 0 Å². The minimum atomic E-state index is -3.49. The molecule has 0 amide bonds. The van der Waals surface area contributed by atoms with E-state index in [-0.39, 0.29) is 6.54 Å². The van der Waals surface area contributed by atoms with Gasteiger partial charge in [0.1, 0.15) is 5.76 Å². The minimum absolute atomic E-state index is 0.235. The molecule has 2 aromatic rings. The number of nitrogens with zero attached hydrogens (tertiary/aromatic N) is 2. The number of aryl methyl sites for hydroxylation is 1. The Labute approximate surface area is 132 Å². The largest absolute Gasteiger partial charge is 0.468 e. The summed E-state index contributed by atoms with van der Waals surface area (Å²) in [6.45, 7) is 2.67. The fraction of sp³-hybridized carbons (Fsp3) is 0.375. The van der Waals surface area contributed by atoms with Gasteiger partial charge < -0.3 is 4.42 Å². The first kappa shape index (κ1) is 16.7. The molecule has 22 heavy (non-hydrogen) atoms. The van der Waals surface area contributed by atoms with Crippen LogP contribution in [0.1, 0.15) is 16.9 Å². The van der Waals surface area contributed by atoms with E-state index in [0.717, 1.165) is 5.56 Å². The van der Waals surface area contributed by atoms with Gasteiger partial charge in [-0.2, -0.15) is 17.0 Å². The zero-order valence-electron chi connectivity index (χ0n) is 13.2. The first-order valence-electron chi connectivity index (χ1n) is 7.15. The van der Waals surface area contributed by atoms with Crippen LogP contribution >= 0.6 is 0 Å². The first-order chi connectivity index (χ1) is 10.4. The average molecular weight is 322 g/mol. The highest BCUT2D eigenvalue weighted by atomic mass is 32.2. The van der Waals surface area contributed by atoms with Gasteiger partial charge in [-0.1, -0.05) is 29.8 Å². The summed E-state index contributed by atoms with van der Waals surface area (Å²) in [5, 5.41) is 0. The fourth-order valence-corrected chi connectivity index (χ4v) is 3.17. The normalized spacial score (nSPS) is 12.2. The molecule has 2 rings (SSSR count). The van der Waals surface area contributed by atoms with Crippen LogP contribution in [0.3, 0.4) is 0 Å². The van der Waals surface area contributed by atoms with E-state index in [0.29, 0.717) is 18.7 Å². The molecule has 0 unspecified atom stereocenters. The highest BCUT2D eigenvalue weighted by molar-refractivity contribution is 7.86. The van der Waals surface area contributed by atoms with Crippen molar-refractivity contribution in [1.29, 1.82) is 0 Å². The van der Waals surface area contributed by atoms with Crippen molar-refractivity contribution in [2.75, 3.05) is 20.6 Å². The minimum Gasteiger partial charge on any atom is -0.468 e. The molecule has 0 aliphatic carbocycles. The van der Waals surface area contributed by atoms with Crippen LogP contribution in [-0.4, -0.2) is 37.7 Å². The van der Waals surface area contributed by atoms with Crippen LogP contribution in [0.2, 0.25) is 0 Å². The van der Waals surface area contributed by atoms with Gasteiger partial charge in [-0.3, -0.25) is 0 Å². The van der Waals surface area contributed by atoms with Gasteiger partial charge in [0, 0.05) is 20.6 Å². The van der Waals surface area contributed by atoms with Crippen LogP contribution in [0.4, 0.5) is 0 Å². The van der Waals surface area contributed by atoms with Crippen molar-refractivity contribution in [2.45, 2.75) is 19.9 Å². The maximum atomic E-state index is 12.4. The van der Waals surface area contributed by atoms with E-state index >= 15 is 0 Å². The molecule has 0 aliphatic rings. The van der Waals surface area contributed by atoms with Gasteiger partial charge in [0.05, 0.1) is 12.8 Å². The summed E-state index contributed by atoms with van der Waals surface area (Å²) in [5.41, 5.74) is 2.31. The molecular formula is C16H22N2O3S. The van der Waals surface area contributed by atoms with Crippen molar-refractivity contribution in [3.05, 3.63) is 59.5 Å². The molecule has 120 valence electrons. The quantitative estimate of drug-likeness (QED) is 0.787. The highest BCUT2D eigenvalue weighted by Gasteiger charge is 2.25. The zero-order valence-corrected chi connectivity index (χ0v) is 14.0. The highest BCUT2D eigenvalue weighted by Crippen LogP contribution is 2.14. The molecule has 0 saturated heterocycles. The molecule has 0 N–H and O–H groups in total. The maximum absolute atomic E-state index is 12.4. The summed E-state index contributed by atoms with van der Waals surface area (Å²) in [6.07, 6.45) is 2.21. The number of benzene rings is 1. The molecule has 1 aromatic heterocycles. The van der Waals surface area contributed by atoms with Crippen LogP contribution in [-0.2, 0) is 23.2 Å². The Kier molecular flexibility index (Phi) is 5.39. The van der Waals surface area contributed by atoms with Gasteiger partial charge in [-0.25, -0.2) is 0 Å². The molecule has 1 heterocycles. The van der Waals surface area contributed by atoms with E-state index < -0.39 is 10.2 Å². The van der Waals surface area contributed by atoms with Crippen molar-refractivity contribution >= 4 is 10.2 Å². The molecule has 0 atom stereocenters. The Morgan fingerprint density at radius 1 is 1.09 bits per heavy atom. The Balaban J connectivity index is 2.12. The first-order valence-corrected chi connectivity index (χ1v) is 8.55. The third kappa shape index (κ3) is 4.19. The smallest absolute Gasteiger partial charge is 0.281 e. The number of hydrogen-bond acceptors (Lipinski definition) is 3. The third-order valence-corrected chi connectivity index (χ3v) is 5.36. The second-order valence-electron chi connectivity index (χ2n) is 5.44. The molecule has 0 aliphatic heterocycles. The molecule has 1 aromatic carbocycles. The summed E-state index contributed by atoms with van der Waals surface area (Å²) in [6, 6.07) is 11.7. The van der Waals surface area contributed by atoms with Crippen molar-refractivity contribution in [2.24, 2.45) is 0 Å². The molecule has 0 bridgehead atoms. The van der Waals surface area contributed by atoms with E-state index in [1.54, 1.807) is 18.4 Å². The molecular weight excluding hydrogens is 300 g/mol. The number of furan rings is 1. The van der Waals surface area contributed by atoms with Gasteiger partial charge >= 0.3 is 0 Å². The summed E-state index contributed by atoms with van der Waals surface area (Å²) < 4.78 is 32.8. The van der Waals surface area contributed by atoms with Gasteiger partial charge in [-0.05, 0) is 31.0 Å². The number of rotatable bonds is 7. The van der Waals surface area contributed by atoms with E-state index in [1.807, 2.05) is 31.2 Å². The third-order valence-electron chi connectivity index (χ3n) is 3.47. The SMILES string of the molecule is Cc1ccc(CCN(Cc2ccco2)S(=O)(=O)N(C)C)cc1. The van der Waals surface area contributed by atoms with E-state index in [4.69, 9.17) is 4.42 Å². The average Bonchev–Trinajstić information content (AvgIpc) is 2.97. The molecule has 0 radical (unpaired) electrons. The lowest BCUT2D eigenvalue weighted by Gasteiger charge is -2.24. The molecule has 6 heteroatoms. The standard InChI is InChI=1S/C16H22N2O3S/c1-14-6-8-15(9-7-14)10-11-18(22(19,20)17(2)3)13-16-5-4-12-21-16/h4-9,12H,10-11,13H2,1-3H3. The lowest BCUT2D eigenvalue weighted by Crippen LogP contribution is -2.40. The summed E-state index contributed by atoms with van der Waals surface area (Å²) in [5.74, 6) is 0.634. The van der Waals surface area contributed by atoms with E-state index in [1.165, 1.54) is 28.3 Å². The van der Waals surface area contributed by atoms with E-state index in [2.05, 4.69) is 0 Å². The number of hydrogen-bond donors (Lipinski definition) is 0. The van der Waals surface area contributed by atoms with Crippen LogP contribution in [0.25, 0.3) is 0 Å². The molecule has 5 nitrogen and oxygen atoms in total. The predicted octanol–water partition coefficient (Wildman–Crippen LogP) is 2.44. The molecule has 0 spiro atoms. The lowest BCUT2D eigenvalue weighted by molar-refractivity contribution is 0.342. The van der Waals surface area contributed by atoms with Gasteiger partial charge in [0.15, 0.2) is 0 Å². The topological polar surface area (TPSA) is 53.8 Å². The van der Waals surface area contributed by atoms with Crippen molar-refractivity contribution in [1.82, 2.24) is 8.61 Å². The Morgan fingerprint density at radius 2 is 1.77 bits per heavy atom. The second-order valence-corrected chi connectivity index (χ2v) is 7.58. The predicted molar refractivity (Wildman–Crippen MR) is 86.6 cm³/mol. The van der Waals surface area contributed by atoms with Crippen LogP contribution in [0.5, 0.6) is 0 Å². The van der Waals surface area contributed by atoms with Crippen LogP contribution in [0, 0.1) is 6.92 Å². The van der Waals surface area contributed by atoms with Crippen LogP contribution in [0.15, 0.2) is 47.1 Å². The van der Waals surface area contributed by atoms with Crippen molar-refractivity contribution in [3.8, 4) is 0 Å². The summed E-state index contributed by atoms with van der Waals surface area (Å²) in [7, 11) is -0.411. The lowest BCUT2D eigenvalue weighted by atomic mass is 10.1. The molecule has 0 saturated carbocycles. The zero-order chi connectivity index (χ0) is 16.2. The van der Waals surface area contributed by atoms with Crippen molar-refractivity contribution < 1.29 is 12.8 Å². The Bertz CT molecular complexity index is 677. The van der Waals surface area contributed by atoms with E-state index in [9.17, 15) is 8.42 Å². The maximum Gasteiger partial charge on any atom is 0.281 e. The Hall–Kier alpha value is -1.63. The summed E-state index contributed by atoms with van der Waals surface area (Å²) in [4.78, 5) is 0. The van der Waals surface area contributed by atoms with Gasteiger partial charge in [0.25, 0.3) is 10.2 Å². The van der Waals surface area contributed by atoms with Gasteiger partial charge in [-0.15, -0.1) is 0 Å². The Morgan fingerprint density at radius 3 is 2.32 bits per heavy atom. The van der Waals surface area contributed by atoms with Crippen molar-refractivity contribution in [3.63, 3.8) is 0 Å². The fourth-order valence-electron chi connectivity index (χ4n) is 2.09. The second kappa shape index (κ2) is 7.09. The summed E-state index contributed by atoms with van der Waals surface area (Å²) >= 11 is 0. The monoisotopic (exact) mass is 322 g/mol. The van der Waals surface area contributed by atoms with Gasteiger partial charge in [0.2, 0.25) is 0 Å².